The minimum atomic E-state index is -1.37. The van der Waals surface area contributed by atoms with E-state index in [1.54, 1.807) is 9.80 Å². The third-order valence-corrected chi connectivity index (χ3v) is 8.67. The van der Waals surface area contributed by atoms with Crippen molar-refractivity contribution in [3.63, 3.8) is 0 Å². The standard InChI is InChI=1S/C34H44N6O20/c1-19(53-31(49)57-37-23(41)5-6-24(37)42)15-35(16-20(2)54-32(50)58-38-25(43)7-8-26(38)44)13-14-36(17-21(3)55-33(51)59-39-27(45)9-10-28(39)46)18-22(4)56-34(52)60-40-29(47)11-12-30(40)48/h19-22H,5-18H2,1-4H3. The largest absolute Gasteiger partial charge is 0.534 e. The summed E-state index contributed by atoms with van der Waals surface area (Å²) in [6, 6.07) is 0. The lowest BCUT2D eigenvalue weighted by Gasteiger charge is -2.32. The van der Waals surface area contributed by atoms with Gasteiger partial charge in [0.1, 0.15) is 24.4 Å². The smallest absolute Gasteiger partial charge is 0.428 e. The highest BCUT2D eigenvalue weighted by molar-refractivity contribution is 6.03. The molecule has 0 spiro atoms. The van der Waals surface area contributed by atoms with E-state index in [4.69, 9.17) is 38.3 Å². The Hall–Kier alpha value is -6.44. The van der Waals surface area contributed by atoms with Crippen LogP contribution < -0.4 is 0 Å². The van der Waals surface area contributed by atoms with Crippen LogP contribution in [0.3, 0.4) is 0 Å². The molecule has 0 bridgehead atoms. The van der Waals surface area contributed by atoms with Crippen molar-refractivity contribution >= 4 is 71.9 Å². The predicted molar refractivity (Wildman–Crippen MR) is 185 cm³/mol. The number of hydrogen-bond donors (Lipinski definition) is 0. The second kappa shape index (κ2) is 21.0. The fourth-order valence-electron chi connectivity index (χ4n) is 6.07. The Morgan fingerprint density at radius 1 is 0.383 bits per heavy atom. The lowest BCUT2D eigenvalue weighted by Crippen LogP contribution is -2.47. The van der Waals surface area contributed by atoms with Gasteiger partial charge in [-0.25, -0.2) is 19.2 Å². The van der Waals surface area contributed by atoms with E-state index in [1.807, 2.05) is 0 Å². The third-order valence-electron chi connectivity index (χ3n) is 8.67. The number of carbonyl (C=O) groups is 12. The third kappa shape index (κ3) is 13.6. The van der Waals surface area contributed by atoms with Crippen LogP contribution in [0.15, 0.2) is 0 Å². The van der Waals surface area contributed by atoms with E-state index in [1.165, 1.54) is 27.7 Å². The van der Waals surface area contributed by atoms with Crippen LogP contribution in [0.25, 0.3) is 0 Å². The molecular formula is C34H44N6O20. The Morgan fingerprint density at radius 2 is 0.550 bits per heavy atom. The molecule has 4 unspecified atom stereocenters. The molecule has 0 N–H and O–H groups in total. The molecule has 4 aliphatic heterocycles. The Kier molecular flexibility index (Phi) is 16.2. The normalized spacial score (nSPS) is 19.0. The summed E-state index contributed by atoms with van der Waals surface area (Å²) in [4.78, 5) is 168. The highest BCUT2D eigenvalue weighted by Gasteiger charge is 2.37. The summed E-state index contributed by atoms with van der Waals surface area (Å²) in [6.45, 7) is 5.31. The molecule has 4 aliphatic rings. The quantitative estimate of drug-likeness (QED) is 0.0939. The summed E-state index contributed by atoms with van der Waals surface area (Å²) < 4.78 is 21.0. The summed E-state index contributed by atoms with van der Waals surface area (Å²) in [6.07, 6.45) is -10.8. The number of hydroxylamine groups is 8. The van der Waals surface area contributed by atoms with Gasteiger partial charge in [0.2, 0.25) is 0 Å². The molecule has 4 rings (SSSR count). The van der Waals surface area contributed by atoms with Crippen LogP contribution in [0.4, 0.5) is 19.2 Å². The molecule has 330 valence electrons. The van der Waals surface area contributed by atoms with Crippen molar-refractivity contribution in [2.45, 2.75) is 103 Å². The fourth-order valence-corrected chi connectivity index (χ4v) is 6.07. The molecule has 4 saturated heterocycles. The number of hydrogen-bond acceptors (Lipinski definition) is 22. The average molecular weight is 857 g/mol. The first kappa shape index (κ1) is 46.3. The van der Waals surface area contributed by atoms with Gasteiger partial charge in [-0.3, -0.25) is 67.5 Å². The molecule has 0 radical (unpaired) electrons. The van der Waals surface area contributed by atoms with Gasteiger partial charge in [-0.15, -0.1) is 0 Å². The summed E-state index contributed by atoms with van der Waals surface area (Å²) in [5, 5.41) is 1.17. The van der Waals surface area contributed by atoms with Crippen molar-refractivity contribution in [3.8, 4) is 0 Å². The SMILES string of the molecule is CC(CN(CCN(CC(C)OC(=O)ON1C(=O)CCC1=O)CC(C)OC(=O)ON1C(=O)CCC1=O)CC(C)OC(=O)ON1C(=O)CCC1=O)OC(=O)ON1C(=O)CCC1=O. The van der Waals surface area contributed by atoms with Gasteiger partial charge in [-0.2, -0.15) is 0 Å². The van der Waals surface area contributed by atoms with Gasteiger partial charge in [-0.05, 0) is 27.7 Å². The number of amides is 8. The summed E-state index contributed by atoms with van der Waals surface area (Å²) in [7, 11) is 0. The van der Waals surface area contributed by atoms with Gasteiger partial charge in [0.05, 0.1) is 0 Å². The van der Waals surface area contributed by atoms with Gasteiger partial charge in [0.25, 0.3) is 47.3 Å². The Labute approximate surface area is 340 Å². The average Bonchev–Trinajstić information content (AvgIpc) is 3.86. The second-order valence-corrected chi connectivity index (χ2v) is 13.9. The topological polar surface area (TPSA) is 298 Å². The van der Waals surface area contributed by atoms with Crippen LogP contribution in [0.2, 0.25) is 0 Å². The van der Waals surface area contributed by atoms with Gasteiger partial charge in [0, 0.05) is 90.6 Å². The van der Waals surface area contributed by atoms with Crippen molar-refractivity contribution in [1.82, 2.24) is 30.1 Å². The maximum atomic E-state index is 12.5. The molecule has 4 heterocycles. The molecule has 60 heavy (non-hydrogen) atoms. The fraction of sp³-hybridized carbons (Fsp3) is 0.647. The summed E-state index contributed by atoms with van der Waals surface area (Å²) in [5.41, 5.74) is 0. The van der Waals surface area contributed by atoms with Gasteiger partial charge in [-0.1, -0.05) is 20.3 Å². The molecule has 4 atom stereocenters. The highest BCUT2D eigenvalue weighted by atomic mass is 16.8. The molecule has 0 aromatic rings. The summed E-state index contributed by atoms with van der Waals surface area (Å²) in [5.74, 6) is -5.92. The Balaban J connectivity index is 1.44. The van der Waals surface area contributed by atoms with Gasteiger partial charge < -0.3 is 18.9 Å². The lowest BCUT2D eigenvalue weighted by atomic mass is 10.2. The van der Waals surface area contributed by atoms with E-state index in [0.29, 0.717) is 20.3 Å². The molecule has 0 aliphatic carbocycles. The minimum absolute atomic E-state index is 0.0135. The zero-order valence-corrected chi connectivity index (χ0v) is 33.1. The second-order valence-electron chi connectivity index (χ2n) is 13.9. The maximum absolute atomic E-state index is 12.5. The lowest BCUT2D eigenvalue weighted by molar-refractivity contribution is -0.180. The van der Waals surface area contributed by atoms with Gasteiger partial charge >= 0.3 is 24.6 Å². The first-order chi connectivity index (χ1) is 28.3. The number of ether oxygens (including phenoxy) is 4. The van der Waals surface area contributed by atoms with Crippen molar-refractivity contribution in [1.29, 1.82) is 0 Å². The Bertz CT molecular complexity index is 1450. The van der Waals surface area contributed by atoms with E-state index in [2.05, 4.69) is 0 Å². The van der Waals surface area contributed by atoms with Crippen LogP contribution in [-0.2, 0) is 76.7 Å². The highest BCUT2D eigenvalue weighted by Crippen LogP contribution is 2.17. The predicted octanol–water partition coefficient (Wildman–Crippen LogP) is 0.0132. The van der Waals surface area contributed by atoms with Crippen molar-refractivity contribution in [3.05, 3.63) is 0 Å². The number of carbonyl (C=O) groups excluding carboxylic acids is 12. The van der Waals surface area contributed by atoms with E-state index >= 15 is 0 Å². The van der Waals surface area contributed by atoms with E-state index < -0.39 is 96.3 Å². The van der Waals surface area contributed by atoms with Crippen molar-refractivity contribution in [2.24, 2.45) is 0 Å². The van der Waals surface area contributed by atoms with E-state index in [0.717, 1.165) is 0 Å². The van der Waals surface area contributed by atoms with Crippen LogP contribution in [0.1, 0.15) is 79.1 Å². The number of imide groups is 4. The van der Waals surface area contributed by atoms with E-state index in [-0.39, 0.29) is 90.6 Å². The molecule has 0 aromatic carbocycles. The zero-order chi connectivity index (χ0) is 44.3. The maximum Gasteiger partial charge on any atom is 0.534 e. The van der Waals surface area contributed by atoms with Gasteiger partial charge in [0.15, 0.2) is 0 Å². The molecule has 8 amide bonds. The zero-order valence-electron chi connectivity index (χ0n) is 33.1. The molecule has 4 fully saturated rings. The van der Waals surface area contributed by atoms with Crippen LogP contribution in [0, 0.1) is 0 Å². The van der Waals surface area contributed by atoms with Crippen molar-refractivity contribution in [2.75, 3.05) is 39.3 Å². The Morgan fingerprint density at radius 3 is 0.717 bits per heavy atom. The molecule has 0 saturated carbocycles. The molecular weight excluding hydrogens is 812 g/mol. The number of nitrogens with zero attached hydrogens (tertiary/aromatic N) is 6. The first-order valence-electron chi connectivity index (χ1n) is 18.7. The minimum Gasteiger partial charge on any atom is -0.428 e. The summed E-state index contributed by atoms with van der Waals surface area (Å²) >= 11 is 0. The van der Waals surface area contributed by atoms with E-state index in [9.17, 15) is 57.5 Å². The van der Waals surface area contributed by atoms with Crippen molar-refractivity contribution < 1.29 is 95.8 Å². The molecule has 0 aromatic heterocycles. The van der Waals surface area contributed by atoms with Crippen LogP contribution in [-0.4, -0.2) is 166 Å². The monoisotopic (exact) mass is 856 g/mol. The number of rotatable bonds is 19. The molecule has 26 heteroatoms. The van der Waals surface area contributed by atoms with Crippen LogP contribution >= 0.6 is 0 Å². The first-order valence-corrected chi connectivity index (χ1v) is 18.7. The van der Waals surface area contributed by atoms with Crippen LogP contribution in [0.5, 0.6) is 0 Å². The molecule has 26 nitrogen and oxygen atoms in total.